The number of nitrogens with two attached hydrogens (primary N) is 1. The van der Waals surface area contributed by atoms with Crippen molar-refractivity contribution in [2.75, 3.05) is 11.9 Å². The molecule has 0 spiro atoms. The van der Waals surface area contributed by atoms with Crippen LogP contribution in [0.25, 0.3) is 5.57 Å². The Kier molecular flexibility index (Phi) is 5.16. The van der Waals surface area contributed by atoms with Gasteiger partial charge in [0.05, 0.1) is 5.56 Å². The lowest BCUT2D eigenvalue weighted by molar-refractivity contribution is 0.101. The molecule has 6 nitrogen and oxygen atoms in total. The van der Waals surface area contributed by atoms with E-state index in [4.69, 9.17) is 10.2 Å². The number of carbonyl (C=O) groups is 1. The number of rotatable bonds is 6. The van der Waals surface area contributed by atoms with E-state index in [1.807, 2.05) is 18.2 Å². The standard InChI is InChI=1S/C21H24N4O2/c22-11-14-6-7-16(10-14)25-21-17(12-23-13-24-21)20(26)19-9-8-18(27-19)15-4-2-1-3-5-15/h1-2,4,8-9,12-14,16H,3,5-7,10-11,22H2,(H,23,24,25). The van der Waals surface area contributed by atoms with Crippen molar-refractivity contribution in [3.8, 4) is 0 Å². The van der Waals surface area contributed by atoms with Gasteiger partial charge in [0.1, 0.15) is 17.9 Å². The zero-order chi connectivity index (χ0) is 18.6. The van der Waals surface area contributed by atoms with Crippen molar-refractivity contribution < 1.29 is 9.21 Å². The molecule has 0 aliphatic heterocycles. The summed E-state index contributed by atoms with van der Waals surface area (Å²) in [5.74, 6) is 1.95. The minimum atomic E-state index is -0.204. The molecule has 2 aliphatic rings. The normalized spacial score (nSPS) is 21.9. The van der Waals surface area contributed by atoms with Crippen molar-refractivity contribution in [2.24, 2.45) is 11.7 Å². The maximum atomic E-state index is 13.0. The Labute approximate surface area is 158 Å². The van der Waals surface area contributed by atoms with Crippen molar-refractivity contribution in [2.45, 2.75) is 38.1 Å². The first-order chi connectivity index (χ1) is 13.2. The van der Waals surface area contributed by atoms with Gasteiger partial charge in [-0.25, -0.2) is 9.97 Å². The van der Waals surface area contributed by atoms with Gasteiger partial charge >= 0.3 is 0 Å². The van der Waals surface area contributed by atoms with Gasteiger partial charge in [-0.2, -0.15) is 0 Å². The van der Waals surface area contributed by atoms with Crippen LogP contribution in [0.3, 0.4) is 0 Å². The molecule has 140 valence electrons. The third-order valence-electron chi connectivity index (χ3n) is 5.33. The zero-order valence-corrected chi connectivity index (χ0v) is 15.2. The van der Waals surface area contributed by atoms with E-state index in [9.17, 15) is 4.79 Å². The Morgan fingerprint density at radius 2 is 2.26 bits per heavy atom. The monoisotopic (exact) mass is 364 g/mol. The van der Waals surface area contributed by atoms with Crippen molar-refractivity contribution >= 4 is 17.2 Å². The summed E-state index contributed by atoms with van der Waals surface area (Å²) in [5.41, 5.74) is 7.33. The first-order valence-electron chi connectivity index (χ1n) is 9.52. The van der Waals surface area contributed by atoms with E-state index in [0.717, 1.165) is 43.4 Å². The Balaban J connectivity index is 1.53. The molecule has 0 radical (unpaired) electrons. The van der Waals surface area contributed by atoms with Crippen LogP contribution in [0.4, 0.5) is 5.82 Å². The third-order valence-corrected chi connectivity index (χ3v) is 5.33. The highest BCUT2D eigenvalue weighted by Gasteiger charge is 2.26. The number of aromatic nitrogens is 2. The Hall–Kier alpha value is -2.73. The van der Waals surface area contributed by atoms with Crippen molar-refractivity contribution in [1.82, 2.24) is 9.97 Å². The summed E-state index contributed by atoms with van der Waals surface area (Å²) in [6.07, 6.45) is 14.2. The average molecular weight is 364 g/mol. The molecule has 2 aliphatic carbocycles. The number of carbonyl (C=O) groups excluding carboxylic acids is 1. The molecule has 2 unspecified atom stereocenters. The smallest absolute Gasteiger partial charge is 0.233 e. The number of ketones is 1. The van der Waals surface area contributed by atoms with Gasteiger partial charge in [0.15, 0.2) is 5.76 Å². The van der Waals surface area contributed by atoms with E-state index < -0.39 is 0 Å². The Bertz CT molecular complexity index is 884. The molecule has 27 heavy (non-hydrogen) atoms. The van der Waals surface area contributed by atoms with Gasteiger partial charge in [-0.15, -0.1) is 0 Å². The van der Waals surface area contributed by atoms with Crippen LogP contribution < -0.4 is 11.1 Å². The molecule has 0 saturated heterocycles. The molecule has 2 aromatic heterocycles. The fourth-order valence-electron chi connectivity index (χ4n) is 3.80. The predicted molar refractivity (Wildman–Crippen MR) is 104 cm³/mol. The summed E-state index contributed by atoms with van der Waals surface area (Å²) in [5, 5.41) is 3.40. The molecule has 6 heteroatoms. The summed E-state index contributed by atoms with van der Waals surface area (Å²) < 4.78 is 5.85. The van der Waals surface area contributed by atoms with Crippen LogP contribution in [0, 0.1) is 5.92 Å². The van der Waals surface area contributed by atoms with Crippen LogP contribution in [0.2, 0.25) is 0 Å². The molecule has 2 atom stereocenters. The molecule has 3 N–H and O–H groups in total. The minimum Gasteiger partial charge on any atom is -0.453 e. The number of furan rings is 1. The lowest BCUT2D eigenvalue weighted by Gasteiger charge is -2.15. The number of anilines is 1. The fraction of sp³-hybridized carbons (Fsp3) is 0.381. The van der Waals surface area contributed by atoms with Gasteiger partial charge in [-0.1, -0.05) is 18.2 Å². The SMILES string of the molecule is NCC1CCC(Nc2ncncc2C(=O)c2ccc(C3=CC=CCC3)o2)C1. The maximum absolute atomic E-state index is 13.0. The lowest BCUT2D eigenvalue weighted by atomic mass is 10.0. The van der Waals surface area contributed by atoms with Crippen LogP contribution in [0.15, 0.2) is 47.3 Å². The number of allylic oxidation sites excluding steroid dienone is 4. The van der Waals surface area contributed by atoms with E-state index in [-0.39, 0.29) is 11.8 Å². The largest absolute Gasteiger partial charge is 0.453 e. The van der Waals surface area contributed by atoms with E-state index in [1.165, 1.54) is 6.33 Å². The van der Waals surface area contributed by atoms with E-state index in [0.29, 0.717) is 29.6 Å². The Morgan fingerprint density at radius 3 is 3.04 bits per heavy atom. The highest BCUT2D eigenvalue weighted by atomic mass is 16.3. The Morgan fingerprint density at radius 1 is 1.33 bits per heavy atom. The molecule has 0 bridgehead atoms. The first kappa shape index (κ1) is 17.7. The van der Waals surface area contributed by atoms with E-state index in [2.05, 4.69) is 21.4 Å². The molecule has 1 saturated carbocycles. The molecule has 1 fully saturated rings. The van der Waals surface area contributed by atoms with Gasteiger partial charge in [0, 0.05) is 12.2 Å². The van der Waals surface area contributed by atoms with Gasteiger partial charge < -0.3 is 15.5 Å². The molecule has 0 amide bonds. The summed E-state index contributed by atoms with van der Waals surface area (Å²) in [7, 11) is 0. The van der Waals surface area contributed by atoms with Gasteiger partial charge in [-0.3, -0.25) is 4.79 Å². The first-order valence-corrected chi connectivity index (χ1v) is 9.52. The molecule has 2 aromatic rings. The van der Waals surface area contributed by atoms with Gasteiger partial charge in [-0.05, 0) is 62.3 Å². The highest BCUT2D eigenvalue weighted by molar-refractivity contribution is 6.10. The minimum absolute atomic E-state index is 0.204. The van der Waals surface area contributed by atoms with Crippen molar-refractivity contribution in [1.29, 1.82) is 0 Å². The average Bonchev–Trinajstić information content (AvgIpc) is 3.38. The van der Waals surface area contributed by atoms with Crippen LogP contribution in [0.1, 0.15) is 54.0 Å². The number of nitrogens with zero attached hydrogens (tertiary/aromatic N) is 2. The fourth-order valence-corrected chi connectivity index (χ4v) is 3.80. The van der Waals surface area contributed by atoms with E-state index >= 15 is 0 Å². The van der Waals surface area contributed by atoms with Crippen LogP contribution in [-0.2, 0) is 0 Å². The second-order valence-electron chi connectivity index (χ2n) is 7.19. The van der Waals surface area contributed by atoms with Crippen molar-refractivity contribution in [3.05, 3.63) is 60.0 Å². The molecule has 2 heterocycles. The summed E-state index contributed by atoms with van der Waals surface area (Å²) in [4.78, 5) is 21.3. The highest BCUT2D eigenvalue weighted by Crippen LogP contribution is 2.29. The quantitative estimate of drug-likeness (QED) is 0.761. The second-order valence-corrected chi connectivity index (χ2v) is 7.19. The van der Waals surface area contributed by atoms with Gasteiger partial charge in [0.2, 0.25) is 5.78 Å². The van der Waals surface area contributed by atoms with E-state index in [1.54, 1.807) is 12.3 Å². The van der Waals surface area contributed by atoms with Crippen LogP contribution >= 0.6 is 0 Å². The summed E-state index contributed by atoms with van der Waals surface area (Å²) in [6, 6.07) is 3.87. The number of hydrogen-bond acceptors (Lipinski definition) is 6. The number of nitrogens with one attached hydrogen (secondary N) is 1. The molecule has 4 rings (SSSR count). The topological polar surface area (TPSA) is 94.0 Å². The van der Waals surface area contributed by atoms with Crippen LogP contribution in [0.5, 0.6) is 0 Å². The van der Waals surface area contributed by atoms with Crippen molar-refractivity contribution in [3.63, 3.8) is 0 Å². The number of hydrogen-bond donors (Lipinski definition) is 2. The summed E-state index contributed by atoms with van der Waals surface area (Å²) >= 11 is 0. The maximum Gasteiger partial charge on any atom is 0.233 e. The predicted octanol–water partition coefficient (Wildman–Crippen LogP) is 3.57. The van der Waals surface area contributed by atoms with Gasteiger partial charge in [0.25, 0.3) is 0 Å². The summed E-state index contributed by atoms with van der Waals surface area (Å²) in [6.45, 7) is 0.702. The molecular formula is C21H24N4O2. The zero-order valence-electron chi connectivity index (χ0n) is 15.2. The van der Waals surface area contributed by atoms with Crippen LogP contribution in [-0.4, -0.2) is 28.3 Å². The lowest BCUT2D eigenvalue weighted by Crippen LogP contribution is -2.20. The molecule has 0 aromatic carbocycles. The second kappa shape index (κ2) is 7.88. The third kappa shape index (κ3) is 3.85. The molecular weight excluding hydrogens is 340 g/mol.